The highest BCUT2D eigenvalue weighted by atomic mass is 16.2. The minimum absolute atomic E-state index is 0.0316. The van der Waals surface area contributed by atoms with E-state index >= 15 is 0 Å². The number of nitrogens with zero attached hydrogens (tertiary/aromatic N) is 1. The lowest BCUT2D eigenvalue weighted by atomic mass is 9.95. The molecule has 1 amide bonds. The van der Waals surface area contributed by atoms with Crippen LogP contribution in [0, 0.1) is 5.41 Å². The van der Waals surface area contributed by atoms with E-state index in [0.29, 0.717) is 0 Å². The van der Waals surface area contributed by atoms with Crippen LogP contribution in [0.2, 0.25) is 0 Å². The van der Waals surface area contributed by atoms with Crippen molar-refractivity contribution in [2.75, 3.05) is 0 Å². The Morgan fingerprint density at radius 3 is 2.63 bits per heavy atom. The third-order valence-corrected chi connectivity index (χ3v) is 3.34. The van der Waals surface area contributed by atoms with Crippen LogP contribution in [0.5, 0.6) is 0 Å². The predicted molar refractivity (Wildman–Crippen MR) is 75.9 cm³/mol. The van der Waals surface area contributed by atoms with Crippen LogP contribution in [0.3, 0.4) is 0 Å². The molecule has 0 fully saturated rings. The number of rotatable bonds is 1. The summed E-state index contributed by atoms with van der Waals surface area (Å²) in [7, 11) is 0. The number of para-hydroxylation sites is 1. The number of carbonyl (C=O) groups excluding carboxylic acids is 1. The molecule has 1 aliphatic rings. The summed E-state index contributed by atoms with van der Waals surface area (Å²) in [6, 6.07) is 10.2. The zero-order valence-electron chi connectivity index (χ0n) is 11.4. The van der Waals surface area contributed by atoms with Crippen molar-refractivity contribution < 1.29 is 9.36 Å². The highest BCUT2D eigenvalue weighted by molar-refractivity contribution is 5.99. The van der Waals surface area contributed by atoms with Gasteiger partial charge in [0.05, 0.1) is 5.56 Å². The van der Waals surface area contributed by atoms with Gasteiger partial charge in [0, 0.05) is 16.9 Å². The summed E-state index contributed by atoms with van der Waals surface area (Å²) >= 11 is 0. The maximum atomic E-state index is 12.1. The molecular weight excluding hydrogens is 236 g/mol. The Balaban J connectivity index is 2.05. The molecule has 0 radical (unpaired) electrons. The minimum atomic E-state index is -0.395. The van der Waals surface area contributed by atoms with Gasteiger partial charge in [-0.2, -0.15) is 4.57 Å². The third-order valence-electron chi connectivity index (χ3n) is 3.34. The molecule has 2 heterocycles. The van der Waals surface area contributed by atoms with Crippen molar-refractivity contribution in [3.05, 3.63) is 42.1 Å². The van der Waals surface area contributed by atoms with Gasteiger partial charge < -0.3 is 5.32 Å². The van der Waals surface area contributed by atoms with E-state index in [0.717, 1.165) is 16.8 Å². The van der Waals surface area contributed by atoms with Crippen LogP contribution < -0.4 is 9.88 Å². The van der Waals surface area contributed by atoms with Gasteiger partial charge in [-0.05, 0) is 18.2 Å². The lowest BCUT2D eigenvalue weighted by molar-refractivity contribution is -0.536. The summed E-state index contributed by atoms with van der Waals surface area (Å²) in [5.41, 5.74) is 2.70. The normalized spacial score (nSPS) is 13.5. The average Bonchev–Trinajstić information content (AvgIpc) is 2.69. The largest absolute Gasteiger partial charge is 0.320 e. The summed E-state index contributed by atoms with van der Waals surface area (Å²) in [6.45, 7) is 5.75. The zero-order valence-corrected chi connectivity index (χ0v) is 11.4. The van der Waals surface area contributed by atoms with Crippen LogP contribution in [0.25, 0.3) is 22.8 Å². The molecule has 0 saturated carbocycles. The fourth-order valence-corrected chi connectivity index (χ4v) is 2.24. The minimum Gasteiger partial charge on any atom is -0.320 e. The highest BCUT2D eigenvalue weighted by Crippen LogP contribution is 2.26. The smallest absolute Gasteiger partial charge is 0.229 e. The van der Waals surface area contributed by atoms with Gasteiger partial charge in [0.25, 0.3) is 0 Å². The average molecular weight is 253 g/mol. The molecule has 19 heavy (non-hydrogen) atoms. The number of carbonyl (C=O) groups is 1. The first kappa shape index (κ1) is 11.9. The standard InChI is InChI=1S/C16H16N2O/c1-16(2,3)15(19)17-13-10-18-9-5-7-11-6-4-8-12(13)14(11)18/h4-10H,1-3H3/p+1. The van der Waals surface area contributed by atoms with Crippen LogP contribution in [-0.2, 0) is 4.79 Å². The fraction of sp³-hybridized carbons (Fsp3) is 0.250. The first-order valence-corrected chi connectivity index (χ1v) is 6.43. The van der Waals surface area contributed by atoms with E-state index in [-0.39, 0.29) is 5.91 Å². The summed E-state index contributed by atoms with van der Waals surface area (Å²) in [5.74, 6) is 0.0316. The molecule has 1 aromatic carbocycles. The molecule has 1 aromatic heterocycles. The first-order chi connectivity index (χ1) is 8.97. The van der Waals surface area contributed by atoms with Gasteiger partial charge >= 0.3 is 0 Å². The molecule has 3 rings (SSSR count). The van der Waals surface area contributed by atoms with E-state index in [4.69, 9.17) is 0 Å². The van der Waals surface area contributed by atoms with Crippen molar-refractivity contribution in [2.24, 2.45) is 5.41 Å². The molecule has 3 nitrogen and oxygen atoms in total. The Morgan fingerprint density at radius 2 is 1.89 bits per heavy atom. The summed E-state index contributed by atoms with van der Waals surface area (Å²) in [5, 5.41) is 4.20. The van der Waals surface area contributed by atoms with Crippen molar-refractivity contribution >= 4 is 28.7 Å². The van der Waals surface area contributed by atoms with E-state index in [2.05, 4.69) is 22.0 Å². The molecule has 1 aliphatic heterocycles. The molecular formula is C16H17N2O+. The summed E-state index contributed by atoms with van der Waals surface area (Å²) < 4.78 is 2.06. The van der Waals surface area contributed by atoms with Gasteiger partial charge in [0.1, 0.15) is 5.70 Å². The molecule has 0 saturated heterocycles. The third kappa shape index (κ3) is 1.91. The van der Waals surface area contributed by atoms with E-state index in [1.807, 2.05) is 51.4 Å². The number of benzene rings is 1. The Kier molecular flexibility index (Phi) is 2.45. The van der Waals surface area contributed by atoms with Crippen LogP contribution in [0.15, 0.2) is 36.5 Å². The Bertz CT molecular complexity index is 703. The molecule has 0 unspecified atom stereocenters. The number of hydrogen-bond acceptors (Lipinski definition) is 1. The van der Waals surface area contributed by atoms with Crippen LogP contribution in [0.1, 0.15) is 26.3 Å². The van der Waals surface area contributed by atoms with Crippen molar-refractivity contribution in [3.8, 4) is 0 Å². The Hall–Kier alpha value is -2.16. The van der Waals surface area contributed by atoms with Crippen molar-refractivity contribution in [2.45, 2.75) is 20.8 Å². The fourth-order valence-electron chi connectivity index (χ4n) is 2.24. The quantitative estimate of drug-likeness (QED) is 0.778. The van der Waals surface area contributed by atoms with Gasteiger partial charge in [-0.15, -0.1) is 0 Å². The van der Waals surface area contributed by atoms with E-state index in [1.165, 1.54) is 5.39 Å². The Morgan fingerprint density at radius 1 is 1.16 bits per heavy atom. The predicted octanol–water partition coefficient (Wildman–Crippen LogP) is 2.56. The SMILES string of the molecule is CC(C)(C)C(=O)NC1=C[n+]2cccc3cccc1c32. The molecule has 3 heteroatoms. The second-order valence-electron chi connectivity index (χ2n) is 5.91. The van der Waals surface area contributed by atoms with Crippen molar-refractivity contribution in [1.29, 1.82) is 0 Å². The van der Waals surface area contributed by atoms with Gasteiger partial charge in [-0.3, -0.25) is 4.79 Å². The van der Waals surface area contributed by atoms with Gasteiger partial charge in [-0.25, -0.2) is 0 Å². The monoisotopic (exact) mass is 253 g/mol. The maximum Gasteiger partial charge on any atom is 0.229 e. The molecule has 0 aliphatic carbocycles. The molecule has 0 bridgehead atoms. The van der Waals surface area contributed by atoms with Gasteiger partial charge in [0.15, 0.2) is 12.4 Å². The lowest BCUT2D eigenvalue weighted by Gasteiger charge is -2.17. The number of hydrogen-bond donors (Lipinski definition) is 1. The number of pyridine rings is 1. The summed E-state index contributed by atoms with van der Waals surface area (Å²) in [6.07, 6.45) is 3.98. The van der Waals surface area contributed by atoms with Crippen LogP contribution in [-0.4, -0.2) is 5.91 Å². The number of nitrogens with one attached hydrogen (secondary N) is 1. The highest BCUT2D eigenvalue weighted by Gasteiger charge is 2.28. The number of amides is 1. The second-order valence-corrected chi connectivity index (χ2v) is 5.91. The molecule has 0 spiro atoms. The lowest BCUT2D eigenvalue weighted by Crippen LogP contribution is -2.33. The number of aromatic nitrogens is 1. The second kappa shape index (κ2) is 3.92. The van der Waals surface area contributed by atoms with E-state index < -0.39 is 5.41 Å². The Labute approximate surface area is 112 Å². The molecule has 1 N–H and O–H groups in total. The molecule has 0 atom stereocenters. The molecule has 2 aromatic rings. The van der Waals surface area contributed by atoms with Crippen molar-refractivity contribution in [1.82, 2.24) is 5.32 Å². The van der Waals surface area contributed by atoms with Gasteiger partial charge in [-0.1, -0.05) is 26.8 Å². The van der Waals surface area contributed by atoms with Crippen LogP contribution in [0.4, 0.5) is 0 Å². The van der Waals surface area contributed by atoms with E-state index in [1.54, 1.807) is 0 Å². The zero-order chi connectivity index (χ0) is 13.6. The maximum absolute atomic E-state index is 12.1. The topological polar surface area (TPSA) is 33.0 Å². The van der Waals surface area contributed by atoms with E-state index in [9.17, 15) is 4.79 Å². The van der Waals surface area contributed by atoms with Gasteiger partial charge in [0.2, 0.25) is 11.4 Å². The molecule has 96 valence electrons. The van der Waals surface area contributed by atoms with Crippen molar-refractivity contribution in [3.63, 3.8) is 0 Å². The summed E-state index contributed by atoms with van der Waals surface area (Å²) in [4.78, 5) is 12.1. The van der Waals surface area contributed by atoms with Crippen LogP contribution >= 0.6 is 0 Å². The first-order valence-electron chi connectivity index (χ1n) is 6.43.